The van der Waals surface area contributed by atoms with E-state index < -0.39 is 17.9 Å². The fraction of sp³-hybridized carbons (Fsp3) is 0.167. The van der Waals surface area contributed by atoms with Crippen molar-refractivity contribution < 1.29 is 14.7 Å². The molecule has 4 N–H and O–H groups in total. The van der Waals surface area contributed by atoms with Gasteiger partial charge < -0.3 is 16.2 Å². The first kappa shape index (κ1) is 13.9. The third-order valence-corrected chi connectivity index (χ3v) is 2.52. The molecule has 0 spiro atoms. The fourth-order valence-corrected chi connectivity index (χ4v) is 1.41. The summed E-state index contributed by atoms with van der Waals surface area (Å²) in [6, 6.07) is 3.15. The van der Waals surface area contributed by atoms with Gasteiger partial charge in [-0.15, -0.1) is 12.3 Å². The van der Waals surface area contributed by atoms with Crippen LogP contribution in [0.1, 0.15) is 16.8 Å². The summed E-state index contributed by atoms with van der Waals surface area (Å²) >= 11 is 5.76. The van der Waals surface area contributed by atoms with E-state index in [2.05, 4.69) is 11.2 Å². The van der Waals surface area contributed by atoms with Crippen molar-refractivity contribution in [2.45, 2.75) is 12.5 Å². The summed E-state index contributed by atoms with van der Waals surface area (Å²) in [4.78, 5) is 22.6. The number of carboxylic acids is 1. The van der Waals surface area contributed by atoms with Crippen molar-refractivity contribution in [1.29, 1.82) is 0 Å². The number of nitrogens with one attached hydrogen (secondary N) is 1. The van der Waals surface area contributed by atoms with E-state index in [9.17, 15) is 9.59 Å². The first-order valence-corrected chi connectivity index (χ1v) is 5.35. The molecule has 18 heavy (non-hydrogen) atoms. The maximum atomic E-state index is 11.8. The Morgan fingerprint density at radius 2 is 2.22 bits per heavy atom. The Kier molecular flexibility index (Phi) is 4.58. The Labute approximate surface area is 109 Å². The average molecular weight is 267 g/mol. The van der Waals surface area contributed by atoms with Crippen LogP contribution in [0.2, 0.25) is 5.02 Å². The second kappa shape index (κ2) is 5.94. The van der Waals surface area contributed by atoms with Crippen LogP contribution in [0.25, 0.3) is 0 Å². The number of benzene rings is 1. The summed E-state index contributed by atoms with van der Waals surface area (Å²) in [5.74, 6) is 0.423. The largest absolute Gasteiger partial charge is 0.480 e. The van der Waals surface area contributed by atoms with Crippen LogP contribution in [0, 0.1) is 12.3 Å². The SMILES string of the molecule is C#CCC(NC(=O)c1ccc(N)c(Cl)c1)C(=O)O. The number of amides is 1. The maximum Gasteiger partial charge on any atom is 0.327 e. The van der Waals surface area contributed by atoms with Crippen molar-refractivity contribution >= 4 is 29.2 Å². The third-order valence-electron chi connectivity index (χ3n) is 2.19. The summed E-state index contributed by atoms with van der Waals surface area (Å²) in [5.41, 5.74) is 6.06. The quantitative estimate of drug-likeness (QED) is 0.563. The molecule has 0 bridgehead atoms. The summed E-state index contributed by atoms with van der Waals surface area (Å²) < 4.78 is 0. The summed E-state index contributed by atoms with van der Waals surface area (Å²) in [5, 5.41) is 11.4. The van der Waals surface area contributed by atoms with Gasteiger partial charge in [-0.1, -0.05) is 11.6 Å². The van der Waals surface area contributed by atoms with E-state index >= 15 is 0 Å². The van der Waals surface area contributed by atoms with Crippen molar-refractivity contribution in [2.24, 2.45) is 0 Å². The van der Waals surface area contributed by atoms with Gasteiger partial charge in [-0.2, -0.15) is 0 Å². The Hall–Kier alpha value is -2.19. The molecule has 0 saturated heterocycles. The number of carbonyl (C=O) groups excluding carboxylic acids is 1. The second-order valence-corrected chi connectivity index (χ2v) is 3.92. The number of nitrogens with two attached hydrogens (primary N) is 1. The number of hydrogen-bond donors (Lipinski definition) is 3. The molecule has 1 aromatic rings. The normalized spacial score (nSPS) is 11.3. The number of nitrogen functional groups attached to an aromatic ring is 1. The Morgan fingerprint density at radius 1 is 1.56 bits per heavy atom. The van der Waals surface area contributed by atoms with Gasteiger partial charge in [-0.25, -0.2) is 4.79 Å². The molecular formula is C12H11ClN2O3. The molecule has 0 aromatic heterocycles. The van der Waals surface area contributed by atoms with Crippen LogP contribution in [0.3, 0.4) is 0 Å². The lowest BCUT2D eigenvalue weighted by molar-refractivity contribution is -0.139. The number of hydrogen-bond acceptors (Lipinski definition) is 3. The van der Waals surface area contributed by atoms with E-state index in [1.165, 1.54) is 18.2 Å². The van der Waals surface area contributed by atoms with E-state index in [0.29, 0.717) is 5.69 Å². The molecule has 0 heterocycles. The first-order valence-electron chi connectivity index (χ1n) is 4.98. The van der Waals surface area contributed by atoms with Crippen LogP contribution in [-0.4, -0.2) is 23.0 Å². The lowest BCUT2D eigenvalue weighted by Crippen LogP contribution is -2.40. The number of carbonyl (C=O) groups is 2. The minimum atomic E-state index is -1.19. The van der Waals surface area contributed by atoms with E-state index in [1.807, 2.05) is 0 Å². The molecule has 0 aliphatic rings. The Morgan fingerprint density at radius 3 is 2.72 bits per heavy atom. The molecule has 0 fully saturated rings. The van der Waals surface area contributed by atoms with E-state index in [0.717, 1.165) is 0 Å². The third kappa shape index (κ3) is 3.40. The number of carboxylic acid groups (broad SMARTS) is 1. The highest BCUT2D eigenvalue weighted by Crippen LogP contribution is 2.19. The number of aliphatic carboxylic acids is 1. The number of terminal acetylenes is 1. The summed E-state index contributed by atoms with van der Waals surface area (Å²) in [7, 11) is 0. The number of rotatable bonds is 4. The van der Waals surface area contributed by atoms with Gasteiger partial charge in [0.05, 0.1) is 10.7 Å². The molecular weight excluding hydrogens is 256 g/mol. The predicted molar refractivity (Wildman–Crippen MR) is 68.2 cm³/mol. The highest BCUT2D eigenvalue weighted by molar-refractivity contribution is 6.33. The molecule has 5 nitrogen and oxygen atoms in total. The van der Waals surface area contributed by atoms with Crippen LogP contribution in [-0.2, 0) is 4.79 Å². The molecule has 1 amide bonds. The van der Waals surface area contributed by atoms with Crippen molar-refractivity contribution in [3.8, 4) is 12.3 Å². The van der Waals surface area contributed by atoms with Crippen molar-refractivity contribution in [3.05, 3.63) is 28.8 Å². The molecule has 1 unspecified atom stereocenters. The minimum Gasteiger partial charge on any atom is -0.480 e. The van der Waals surface area contributed by atoms with Crippen molar-refractivity contribution in [2.75, 3.05) is 5.73 Å². The molecule has 1 atom stereocenters. The predicted octanol–water partition coefficient (Wildman–Crippen LogP) is 1.13. The molecule has 1 rings (SSSR count). The second-order valence-electron chi connectivity index (χ2n) is 3.51. The monoisotopic (exact) mass is 266 g/mol. The van der Waals surface area contributed by atoms with Gasteiger partial charge in [0.15, 0.2) is 0 Å². The molecule has 94 valence electrons. The molecule has 6 heteroatoms. The van der Waals surface area contributed by atoms with Gasteiger partial charge in [0.2, 0.25) is 0 Å². The van der Waals surface area contributed by atoms with E-state index in [-0.39, 0.29) is 17.0 Å². The molecule has 0 aliphatic carbocycles. The summed E-state index contributed by atoms with van der Waals surface area (Å²) in [6.45, 7) is 0. The number of anilines is 1. The smallest absolute Gasteiger partial charge is 0.327 e. The van der Waals surface area contributed by atoms with Crippen LogP contribution in [0.4, 0.5) is 5.69 Å². The van der Waals surface area contributed by atoms with Crippen LogP contribution < -0.4 is 11.1 Å². The van der Waals surface area contributed by atoms with Gasteiger partial charge in [0, 0.05) is 12.0 Å². The van der Waals surface area contributed by atoms with Crippen molar-refractivity contribution in [3.63, 3.8) is 0 Å². The maximum absolute atomic E-state index is 11.8. The number of halogens is 1. The lowest BCUT2D eigenvalue weighted by Gasteiger charge is -2.12. The fourth-order valence-electron chi connectivity index (χ4n) is 1.23. The lowest BCUT2D eigenvalue weighted by atomic mass is 10.1. The first-order chi connectivity index (χ1) is 8.45. The van der Waals surface area contributed by atoms with Gasteiger partial charge in [-0.3, -0.25) is 4.79 Å². The Bertz CT molecular complexity index is 523. The zero-order chi connectivity index (χ0) is 13.7. The zero-order valence-electron chi connectivity index (χ0n) is 9.31. The van der Waals surface area contributed by atoms with Crippen LogP contribution in [0.5, 0.6) is 0 Å². The highest BCUT2D eigenvalue weighted by Gasteiger charge is 2.19. The summed E-state index contributed by atoms with van der Waals surface area (Å²) in [6.07, 6.45) is 4.93. The zero-order valence-corrected chi connectivity index (χ0v) is 10.1. The molecule has 1 aromatic carbocycles. The van der Waals surface area contributed by atoms with E-state index in [4.69, 9.17) is 28.9 Å². The molecule has 0 aliphatic heterocycles. The van der Waals surface area contributed by atoms with Gasteiger partial charge in [0.1, 0.15) is 6.04 Å². The average Bonchev–Trinajstić information content (AvgIpc) is 2.31. The van der Waals surface area contributed by atoms with Crippen LogP contribution >= 0.6 is 11.6 Å². The van der Waals surface area contributed by atoms with Gasteiger partial charge in [0.25, 0.3) is 5.91 Å². The molecule has 0 saturated carbocycles. The van der Waals surface area contributed by atoms with Crippen molar-refractivity contribution in [1.82, 2.24) is 5.32 Å². The standard InChI is InChI=1S/C12H11ClN2O3/c1-2-3-10(12(17)18)15-11(16)7-4-5-9(14)8(13)6-7/h1,4-6,10H,3,14H2,(H,15,16)(H,17,18). The minimum absolute atomic E-state index is 0.0935. The van der Waals surface area contributed by atoms with E-state index in [1.54, 1.807) is 0 Å². The Balaban J connectivity index is 2.84. The van der Waals surface area contributed by atoms with Crippen LogP contribution in [0.15, 0.2) is 18.2 Å². The van der Waals surface area contributed by atoms with Gasteiger partial charge >= 0.3 is 5.97 Å². The highest BCUT2D eigenvalue weighted by atomic mass is 35.5. The molecule has 0 radical (unpaired) electrons. The van der Waals surface area contributed by atoms with Gasteiger partial charge in [-0.05, 0) is 18.2 Å². The topological polar surface area (TPSA) is 92.4 Å².